The summed E-state index contributed by atoms with van der Waals surface area (Å²) in [4.78, 5) is 22.4. The monoisotopic (exact) mass is 330 g/mol. The average molecular weight is 331 g/mol. The number of hydrogen-bond acceptors (Lipinski definition) is 4. The van der Waals surface area contributed by atoms with E-state index in [0.717, 1.165) is 12.8 Å². The number of nitro benzene ring substituents is 1. The lowest BCUT2D eigenvalue weighted by molar-refractivity contribution is -0.384. The van der Waals surface area contributed by atoms with Gasteiger partial charge in [0.1, 0.15) is 5.02 Å². The van der Waals surface area contributed by atoms with Crippen molar-refractivity contribution in [1.82, 2.24) is 5.32 Å². The molecule has 1 amide bonds. The van der Waals surface area contributed by atoms with Gasteiger partial charge in [-0.2, -0.15) is 11.8 Å². The maximum absolute atomic E-state index is 12.1. The third-order valence-electron chi connectivity index (χ3n) is 3.70. The Bertz CT molecular complexity index is 525. The van der Waals surface area contributed by atoms with Crippen molar-refractivity contribution in [3.8, 4) is 0 Å². The van der Waals surface area contributed by atoms with Crippen LogP contribution in [0.5, 0.6) is 0 Å². The molecule has 1 aromatic rings. The molecule has 0 radical (unpaired) electrons. The van der Waals surface area contributed by atoms with Gasteiger partial charge in [0.15, 0.2) is 0 Å². The van der Waals surface area contributed by atoms with Gasteiger partial charge in [-0.25, -0.2) is 0 Å². The first-order valence-corrected chi connectivity index (χ1v) is 8.26. The van der Waals surface area contributed by atoms with Crippen molar-refractivity contribution < 1.29 is 9.72 Å². The van der Waals surface area contributed by atoms with Crippen LogP contribution in [0.1, 0.15) is 37.0 Å². The van der Waals surface area contributed by atoms with Crippen LogP contribution in [0.4, 0.5) is 5.69 Å². The molecule has 0 aliphatic carbocycles. The molecule has 0 bridgehead atoms. The Hall–Kier alpha value is -1.27. The fourth-order valence-electron chi connectivity index (χ4n) is 2.00. The predicted octanol–water partition coefficient (Wildman–Crippen LogP) is 3.90. The van der Waals surface area contributed by atoms with E-state index in [9.17, 15) is 14.9 Å². The first-order valence-electron chi connectivity index (χ1n) is 6.66. The molecule has 0 saturated carbocycles. The van der Waals surface area contributed by atoms with Crippen molar-refractivity contribution in [1.29, 1.82) is 0 Å². The molecular weight excluding hydrogens is 312 g/mol. The minimum atomic E-state index is -0.594. The van der Waals surface area contributed by atoms with Gasteiger partial charge in [0.2, 0.25) is 0 Å². The Morgan fingerprint density at radius 1 is 1.43 bits per heavy atom. The molecule has 0 saturated heterocycles. The SMILES string of the molecule is CCC(CC)(CNC(=O)c1ccc(Cl)c([N+](=O)[O-])c1)SC. The zero-order chi connectivity index (χ0) is 16.0. The summed E-state index contributed by atoms with van der Waals surface area (Å²) >= 11 is 7.46. The number of halogens is 1. The van der Waals surface area contributed by atoms with Crippen molar-refractivity contribution in [2.75, 3.05) is 12.8 Å². The first-order chi connectivity index (χ1) is 9.89. The predicted molar refractivity (Wildman–Crippen MR) is 87.3 cm³/mol. The van der Waals surface area contributed by atoms with E-state index in [4.69, 9.17) is 11.6 Å². The first kappa shape index (κ1) is 17.8. The largest absolute Gasteiger partial charge is 0.351 e. The topological polar surface area (TPSA) is 72.2 Å². The van der Waals surface area contributed by atoms with E-state index in [1.165, 1.54) is 18.2 Å². The molecular formula is C14H19ClN2O3S. The standard InChI is InChI=1S/C14H19ClN2O3S/c1-4-14(5-2,21-3)9-16-13(18)10-6-7-11(15)12(8-10)17(19)20/h6-8H,4-5,9H2,1-3H3,(H,16,18). The molecule has 0 spiro atoms. The number of amides is 1. The second kappa shape index (κ2) is 7.66. The van der Waals surface area contributed by atoms with Gasteiger partial charge in [-0.15, -0.1) is 0 Å². The van der Waals surface area contributed by atoms with Crippen LogP contribution < -0.4 is 5.32 Å². The summed E-state index contributed by atoms with van der Waals surface area (Å²) in [5.41, 5.74) is -0.0141. The summed E-state index contributed by atoms with van der Waals surface area (Å²) < 4.78 is -0.00593. The van der Waals surface area contributed by atoms with E-state index in [0.29, 0.717) is 6.54 Å². The summed E-state index contributed by atoms with van der Waals surface area (Å²) in [6.45, 7) is 4.69. The quantitative estimate of drug-likeness (QED) is 0.608. The van der Waals surface area contributed by atoms with Crippen LogP contribution >= 0.6 is 23.4 Å². The molecule has 5 nitrogen and oxygen atoms in total. The maximum Gasteiger partial charge on any atom is 0.288 e. The second-order valence-electron chi connectivity index (χ2n) is 4.70. The number of nitrogens with zero attached hydrogens (tertiary/aromatic N) is 1. The van der Waals surface area contributed by atoms with Crippen LogP contribution in [0.25, 0.3) is 0 Å². The average Bonchev–Trinajstić information content (AvgIpc) is 2.49. The Morgan fingerprint density at radius 2 is 2.05 bits per heavy atom. The molecule has 0 unspecified atom stereocenters. The minimum absolute atomic E-state index is 0.00593. The number of nitro groups is 1. The molecule has 21 heavy (non-hydrogen) atoms. The van der Waals surface area contributed by atoms with Crippen molar-refractivity contribution in [3.05, 3.63) is 38.9 Å². The Balaban J connectivity index is 2.85. The van der Waals surface area contributed by atoms with Crippen LogP contribution in [-0.4, -0.2) is 28.4 Å². The number of thioether (sulfide) groups is 1. The zero-order valence-electron chi connectivity index (χ0n) is 12.3. The van der Waals surface area contributed by atoms with Gasteiger partial charge in [-0.1, -0.05) is 25.4 Å². The highest BCUT2D eigenvalue weighted by Crippen LogP contribution is 2.30. The Labute approximate surface area is 133 Å². The number of carbonyl (C=O) groups is 1. The van der Waals surface area contributed by atoms with E-state index in [-0.39, 0.29) is 26.9 Å². The third-order valence-corrected chi connectivity index (χ3v) is 5.61. The highest BCUT2D eigenvalue weighted by molar-refractivity contribution is 8.00. The van der Waals surface area contributed by atoms with E-state index >= 15 is 0 Å². The van der Waals surface area contributed by atoms with Gasteiger partial charge in [0.25, 0.3) is 11.6 Å². The zero-order valence-corrected chi connectivity index (χ0v) is 13.9. The highest BCUT2D eigenvalue weighted by atomic mass is 35.5. The maximum atomic E-state index is 12.1. The molecule has 1 N–H and O–H groups in total. The summed E-state index contributed by atoms with van der Waals surface area (Å²) in [5.74, 6) is -0.324. The van der Waals surface area contributed by atoms with E-state index < -0.39 is 4.92 Å². The van der Waals surface area contributed by atoms with Gasteiger partial charge in [0.05, 0.1) is 4.92 Å². The Kier molecular flexibility index (Phi) is 6.48. The molecule has 1 aromatic carbocycles. The molecule has 0 aliphatic rings. The number of carbonyl (C=O) groups excluding carboxylic acids is 1. The lowest BCUT2D eigenvalue weighted by Crippen LogP contribution is -2.39. The molecule has 0 fully saturated rings. The summed E-state index contributed by atoms with van der Waals surface area (Å²) in [6.07, 6.45) is 3.89. The second-order valence-corrected chi connectivity index (χ2v) is 6.38. The van der Waals surface area contributed by atoms with E-state index in [1.54, 1.807) is 11.8 Å². The summed E-state index contributed by atoms with van der Waals surface area (Å²) in [5, 5.41) is 13.7. The molecule has 0 atom stereocenters. The molecule has 0 heterocycles. The fraction of sp³-hybridized carbons (Fsp3) is 0.500. The van der Waals surface area contributed by atoms with E-state index in [1.807, 2.05) is 6.26 Å². The van der Waals surface area contributed by atoms with Crippen molar-refractivity contribution >= 4 is 35.0 Å². The van der Waals surface area contributed by atoms with Crippen molar-refractivity contribution in [2.45, 2.75) is 31.4 Å². The molecule has 1 rings (SSSR count). The number of nitrogens with one attached hydrogen (secondary N) is 1. The van der Waals surface area contributed by atoms with E-state index in [2.05, 4.69) is 19.2 Å². The third kappa shape index (κ3) is 4.35. The Morgan fingerprint density at radius 3 is 2.52 bits per heavy atom. The number of benzene rings is 1. The van der Waals surface area contributed by atoms with Gasteiger partial charge >= 0.3 is 0 Å². The highest BCUT2D eigenvalue weighted by Gasteiger charge is 2.26. The van der Waals surface area contributed by atoms with Crippen LogP contribution in [0, 0.1) is 10.1 Å². The van der Waals surface area contributed by atoms with Crippen LogP contribution in [-0.2, 0) is 0 Å². The molecule has 0 aliphatic heterocycles. The van der Waals surface area contributed by atoms with Gasteiger partial charge in [-0.3, -0.25) is 14.9 Å². The normalized spacial score (nSPS) is 11.2. The lowest BCUT2D eigenvalue weighted by atomic mass is 10.0. The van der Waals surface area contributed by atoms with Crippen LogP contribution in [0.3, 0.4) is 0 Å². The lowest BCUT2D eigenvalue weighted by Gasteiger charge is -2.29. The molecule has 0 aromatic heterocycles. The van der Waals surface area contributed by atoms with Crippen LogP contribution in [0.15, 0.2) is 18.2 Å². The minimum Gasteiger partial charge on any atom is -0.351 e. The van der Waals surface area contributed by atoms with Gasteiger partial charge < -0.3 is 5.32 Å². The van der Waals surface area contributed by atoms with Gasteiger partial charge in [-0.05, 0) is 31.2 Å². The summed E-state index contributed by atoms with van der Waals surface area (Å²) in [6, 6.07) is 4.07. The molecule has 7 heteroatoms. The van der Waals surface area contributed by atoms with Gasteiger partial charge in [0, 0.05) is 22.9 Å². The smallest absolute Gasteiger partial charge is 0.288 e. The fourth-order valence-corrected chi connectivity index (χ4v) is 2.98. The van der Waals surface area contributed by atoms with Crippen LogP contribution in [0.2, 0.25) is 5.02 Å². The summed E-state index contributed by atoms with van der Waals surface area (Å²) in [7, 11) is 0. The molecule has 116 valence electrons. The number of rotatable bonds is 7. The van der Waals surface area contributed by atoms with Crippen molar-refractivity contribution in [3.63, 3.8) is 0 Å². The van der Waals surface area contributed by atoms with Crippen molar-refractivity contribution in [2.24, 2.45) is 0 Å². The number of hydrogen-bond donors (Lipinski definition) is 1.